The Hall–Kier alpha value is -3.40. The molecule has 1 aliphatic rings. The molecule has 0 spiro atoms. The van der Waals surface area contributed by atoms with Gasteiger partial charge in [0.1, 0.15) is 11.4 Å². The molecule has 0 radical (unpaired) electrons. The predicted molar refractivity (Wildman–Crippen MR) is 102 cm³/mol. The normalized spacial score (nSPS) is 12.6. The van der Waals surface area contributed by atoms with Crippen molar-refractivity contribution in [1.82, 2.24) is 9.55 Å². The number of aromatic nitrogens is 2. The molecular formula is C22H16N2O2. The molecule has 0 saturated carbocycles. The minimum Gasteiger partial charge on any atom is -0.508 e. The van der Waals surface area contributed by atoms with Gasteiger partial charge in [-0.3, -0.25) is 9.36 Å². The number of phenols is 1. The van der Waals surface area contributed by atoms with E-state index in [1.807, 2.05) is 53.1 Å². The van der Waals surface area contributed by atoms with Crippen molar-refractivity contribution in [3.05, 3.63) is 88.2 Å². The van der Waals surface area contributed by atoms with Gasteiger partial charge in [-0.05, 0) is 43.2 Å². The molecule has 0 bridgehead atoms. The van der Waals surface area contributed by atoms with Gasteiger partial charge in [0.25, 0.3) is 0 Å². The van der Waals surface area contributed by atoms with E-state index in [0.29, 0.717) is 23.9 Å². The SMILES string of the molecule is O=c1c2c(n(-c3ccccc3)c3ncccc13)-c1cccc(O)c1CC2. The van der Waals surface area contributed by atoms with E-state index in [1.54, 1.807) is 18.3 Å². The Morgan fingerprint density at radius 1 is 0.885 bits per heavy atom. The van der Waals surface area contributed by atoms with Crippen LogP contribution in [0, 0.1) is 0 Å². The number of rotatable bonds is 1. The van der Waals surface area contributed by atoms with Gasteiger partial charge in [0.05, 0.1) is 11.1 Å². The zero-order valence-corrected chi connectivity index (χ0v) is 14.0. The second-order valence-electron chi connectivity index (χ2n) is 6.51. The van der Waals surface area contributed by atoms with Crippen molar-refractivity contribution in [3.8, 4) is 22.7 Å². The zero-order valence-electron chi connectivity index (χ0n) is 14.0. The van der Waals surface area contributed by atoms with Crippen molar-refractivity contribution in [1.29, 1.82) is 0 Å². The van der Waals surface area contributed by atoms with E-state index >= 15 is 0 Å². The second-order valence-corrected chi connectivity index (χ2v) is 6.51. The molecular weight excluding hydrogens is 324 g/mol. The molecule has 0 atom stereocenters. The van der Waals surface area contributed by atoms with Crippen LogP contribution in [0.15, 0.2) is 71.7 Å². The Kier molecular flexibility index (Phi) is 3.19. The summed E-state index contributed by atoms with van der Waals surface area (Å²) in [5, 5.41) is 10.9. The predicted octanol–water partition coefficient (Wildman–Crippen LogP) is 3.86. The van der Waals surface area contributed by atoms with Gasteiger partial charge in [0.15, 0.2) is 5.43 Å². The van der Waals surface area contributed by atoms with Crippen molar-refractivity contribution in [2.75, 3.05) is 0 Å². The smallest absolute Gasteiger partial charge is 0.194 e. The van der Waals surface area contributed by atoms with Crippen LogP contribution in [0.3, 0.4) is 0 Å². The number of benzene rings is 2. The number of hydrogen-bond acceptors (Lipinski definition) is 3. The third kappa shape index (κ3) is 2.02. The van der Waals surface area contributed by atoms with Crippen LogP contribution >= 0.6 is 0 Å². The van der Waals surface area contributed by atoms with E-state index in [4.69, 9.17) is 0 Å². The van der Waals surface area contributed by atoms with Gasteiger partial charge >= 0.3 is 0 Å². The molecule has 2 aromatic carbocycles. The van der Waals surface area contributed by atoms with E-state index in [0.717, 1.165) is 28.1 Å². The summed E-state index contributed by atoms with van der Waals surface area (Å²) in [6.45, 7) is 0. The lowest BCUT2D eigenvalue weighted by Gasteiger charge is -2.25. The Labute approximate surface area is 150 Å². The fourth-order valence-electron chi connectivity index (χ4n) is 3.92. The number of aromatic hydroxyl groups is 1. The van der Waals surface area contributed by atoms with E-state index < -0.39 is 0 Å². The van der Waals surface area contributed by atoms with Gasteiger partial charge in [-0.1, -0.05) is 30.3 Å². The van der Waals surface area contributed by atoms with Crippen LogP contribution in [0.4, 0.5) is 0 Å². The van der Waals surface area contributed by atoms with Crippen LogP contribution in [-0.2, 0) is 12.8 Å². The summed E-state index contributed by atoms with van der Waals surface area (Å²) in [5.74, 6) is 0.279. The molecule has 0 unspecified atom stereocenters. The molecule has 0 aliphatic heterocycles. The summed E-state index contributed by atoms with van der Waals surface area (Å²) < 4.78 is 2.05. The molecule has 1 N–H and O–H groups in total. The maximum absolute atomic E-state index is 13.1. The molecule has 1 aliphatic carbocycles. The molecule has 2 aromatic heterocycles. The van der Waals surface area contributed by atoms with E-state index in [1.165, 1.54) is 0 Å². The first kappa shape index (κ1) is 14.9. The molecule has 0 saturated heterocycles. The topological polar surface area (TPSA) is 55.1 Å². The van der Waals surface area contributed by atoms with Crippen LogP contribution < -0.4 is 5.43 Å². The number of para-hydroxylation sites is 1. The summed E-state index contributed by atoms with van der Waals surface area (Å²) >= 11 is 0. The first-order chi connectivity index (χ1) is 12.8. The number of hydrogen-bond donors (Lipinski definition) is 1. The van der Waals surface area contributed by atoms with Crippen molar-refractivity contribution >= 4 is 11.0 Å². The Bertz CT molecular complexity index is 1210. The van der Waals surface area contributed by atoms with Gasteiger partial charge in [0, 0.05) is 28.6 Å². The van der Waals surface area contributed by atoms with Gasteiger partial charge < -0.3 is 5.11 Å². The Morgan fingerprint density at radius 2 is 1.69 bits per heavy atom. The van der Waals surface area contributed by atoms with Crippen molar-refractivity contribution in [2.45, 2.75) is 12.8 Å². The summed E-state index contributed by atoms with van der Waals surface area (Å²) in [4.78, 5) is 17.7. The average molecular weight is 340 g/mol. The molecule has 0 fully saturated rings. The minimum atomic E-state index is 0.0317. The molecule has 2 heterocycles. The largest absolute Gasteiger partial charge is 0.508 e. The van der Waals surface area contributed by atoms with Crippen LogP contribution in [-0.4, -0.2) is 14.7 Å². The fourth-order valence-corrected chi connectivity index (χ4v) is 3.92. The highest BCUT2D eigenvalue weighted by Crippen LogP contribution is 2.38. The van der Waals surface area contributed by atoms with Gasteiger partial charge in [0.2, 0.25) is 0 Å². The summed E-state index contributed by atoms with van der Waals surface area (Å²) in [6.07, 6.45) is 2.97. The van der Waals surface area contributed by atoms with E-state index in [2.05, 4.69) is 4.98 Å². The number of pyridine rings is 2. The van der Waals surface area contributed by atoms with E-state index in [9.17, 15) is 9.90 Å². The van der Waals surface area contributed by atoms with Crippen LogP contribution in [0.2, 0.25) is 0 Å². The fraction of sp³-hybridized carbons (Fsp3) is 0.0909. The highest BCUT2D eigenvalue weighted by Gasteiger charge is 2.26. The van der Waals surface area contributed by atoms with Gasteiger partial charge in [-0.15, -0.1) is 0 Å². The van der Waals surface area contributed by atoms with Crippen molar-refractivity contribution < 1.29 is 5.11 Å². The average Bonchev–Trinajstić information content (AvgIpc) is 2.69. The summed E-state index contributed by atoms with van der Waals surface area (Å²) in [5.41, 5.74) is 5.03. The minimum absolute atomic E-state index is 0.0317. The van der Waals surface area contributed by atoms with Crippen molar-refractivity contribution in [3.63, 3.8) is 0 Å². The number of fused-ring (bicyclic) bond motifs is 4. The molecule has 4 nitrogen and oxygen atoms in total. The lowest BCUT2D eigenvalue weighted by Crippen LogP contribution is -2.22. The van der Waals surface area contributed by atoms with Gasteiger partial charge in [-0.25, -0.2) is 4.98 Å². The number of phenolic OH excluding ortho intramolecular Hbond substituents is 1. The number of nitrogens with zero attached hydrogens (tertiary/aromatic N) is 2. The van der Waals surface area contributed by atoms with Gasteiger partial charge in [-0.2, -0.15) is 0 Å². The first-order valence-corrected chi connectivity index (χ1v) is 8.65. The Balaban J connectivity index is 2.02. The Morgan fingerprint density at radius 3 is 2.54 bits per heavy atom. The first-order valence-electron chi connectivity index (χ1n) is 8.65. The maximum Gasteiger partial charge on any atom is 0.194 e. The molecule has 0 amide bonds. The molecule has 126 valence electrons. The molecule has 4 heteroatoms. The standard InChI is InChI=1S/C22H16N2O2/c25-19-10-4-8-16-15(19)11-12-17-20(16)24(14-6-2-1-3-7-14)22-18(21(17)26)9-5-13-23-22/h1-10,13,25H,11-12H2. The third-order valence-corrected chi connectivity index (χ3v) is 5.07. The maximum atomic E-state index is 13.1. The lowest BCUT2D eigenvalue weighted by molar-refractivity contribution is 0.467. The van der Waals surface area contributed by atoms with Crippen LogP contribution in [0.25, 0.3) is 28.0 Å². The van der Waals surface area contributed by atoms with Crippen LogP contribution in [0.1, 0.15) is 11.1 Å². The second kappa shape index (κ2) is 5.56. The zero-order chi connectivity index (χ0) is 17.7. The molecule has 4 aromatic rings. The molecule has 5 rings (SSSR count). The monoisotopic (exact) mass is 340 g/mol. The molecule has 26 heavy (non-hydrogen) atoms. The van der Waals surface area contributed by atoms with Crippen LogP contribution in [0.5, 0.6) is 5.75 Å². The lowest BCUT2D eigenvalue weighted by atomic mass is 9.87. The third-order valence-electron chi connectivity index (χ3n) is 5.07. The van der Waals surface area contributed by atoms with Crippen molar-refractivity contribution in [2.24, 2.45) is 0 Å². The summed E-state index contributed by atoms with van der Waals surface area (Å²) in [7, 11) is 0. The quantitative estimate of drug-likeness (QED) is 0.572. The van der Waals surface area contributed by atoms with E-state index in [-0.39, 0.29) is 11.2 Å². The highest BCUT2D eigenvalue weighted by molar-refractivity contribution is 5.86. The summed E-state index contributed by atoms with van der Waals surface area (Å²) in [6, 6.07) is 19.1. The highest BCUT2D eigenvalue weighted by atomic mass is 16.3.